The number of hydrogen-bond acceptors (Lipinski definition) is 6. The number of nitrogen functional groups attached to an aromatic ring is 1. The summed E-state index contributed by atoms with van der Waals surface area (Å²) in [7, 11) is 1.95. The summed E-state index contributed by atoms with van der Waals surface area (Å²) in [6.45, 7) is 3.40. The first-order valence-corrected chi connectivity index (χ1v) is 6.90. The first-order valence-electron chi connectivity index (χ1n) is 6.08. The maximum absolute atomic E-state index is 12.0. The van der Waals surface area contributed by atoms with Crippen LogP contribution in [0.4, 0.5) is 10.8 Å². The lowest BCUT2D eigenvalue weighted by atomic mass is 10.3. The topological polar surface area (TPSA) is 77.0 Å². The molecule has 19 heavy (non-hydrogen) atoms. The predicted octanol–water partition coefficient (Wildman–Crippen LogP) is 1.18. The number of nitrogens with two attached hydrogens (primary N) is 1. The predicted molar refractivity (Wildman–Crippen MR) is 77.7 cm³/mol. The van der Waals surface area contributed by atoms with Gasteiger partial charge in [-0.15, -0.1) is 11.3 Å². The van der Waals surface area contributed by atoms with Gasteiger partial charge in [0.2, 0.25) is 0 Å². The van der Waals surface area contributed by atoms with E-state index in [4.69, 9.17) is 5.73 Å². The molecule has 0 aliphatic heterocycles. The fourth-order valence-corrected chi connectivity index (χ4v) is 2.43. The van der Waals surface area contributed by atoms with Crippen LogP contribution in [-0.4, -0.2) is 28.4 Å². The summed E-state index contributed by atoms with van der Waals surface area (Å²) in [6.07, 6.45) is 4.41. The Kier molecular flexibility index (Phi) is 4.16. The smallest absolute Gasteiger partial charge is 0.269 e. The number of aromatic nitrogens is 3. The third-order valence-corrected chi connectivity index (χ3v) is 3.54. The third kappa shape index (κ3) is 3.31. The van der Waals surface area contributed by atoms with Gasteiger partial charge in [0.25, 0.3) is 5.56 Å². The molecule has 2 aromatic heterocycles. The van der Waals surface area contributed by atoms with Crippen LogP contribution in [0.3, 0.4) is 0 Å². The molecular weight excluding hydrogens is 262 g/mol. The van der Waals surface area contributed by atoms with E-state index in [1.165, 1.54) is 16.0 Å². The van der Waals surface area contributed by atoms with Gasteiger partial charge in [0.15, 0.2) is 5.13 Å². The summed E-state index contributed by atoms with van der Waals surface area (Å²) < 4.78 is 1.41. The quantitative estimate of drug-likeness (QED) is 0.889. The number of thiazole rings is 1. The molecule has 6 nitrogen and oxygen atoms in total. The summed E-state index contributed by atoms with van der Waals surface area (Å²) >= 11 is 1.37. The van der Waals surface area contributed by atoms with Crippen LogP contribution in [0.2, 0.25) is 0 Å². The Balaban J connectivity index is 2.17. The molecular formula is C12H17N5OS. The monoisotopic (exact) mass is 279 g/mol. The molecule has 7 heteroatoms. The highest BCUT2D eigenvalue weighted by Gasteiger charge is 2.06. The van der Waals surface area contributed by atoms with Gasteiger partial charge in [0.1, 0.15) is 0 Å². The molecule has 0 saturated carbocycles. The van der Waals surface area contributed by atoms with Crippen LogP contribution < -0.4 is 16.2 Å². The van der Waals surface area contributed by atoms with E-state index in [0.29, 0.717) is 11.7 Å². The van der Waals surface area contributed by atoms with Crippen molar-refractivity contribution in [1.82, 2.24) is 14.8 Å². The average molecular weight is 279 g/mol. The minimum Gasteiger partial charge on any atom is -0.375 e. The van der Waals surface area contributed by atoms with E-state index in [1.807, 2.05) is 11.9 Å². The zero-order valence-electron chi connectivity index (χ0n) is 11.0. The van der Waals surface area contributed by atoms with Crippen LogP contribution >= 0.6 is 11.3 Å². The highest BCUT2D eigenvalue weighted by molar-refractivity contribution is 7.15. The Morgan fingerprint density at radius 1 is 1.47 bits per heavy atom. The van der Waals surface area contributed by atoms with Crippen molar-refractivity contribution >= 4 is 22.2 Å². The molecule has 2 rings (SSSR count). The van der Waals surface area contributed by atoms with Crippen molar-refractivity contribution in [1.29, 1.82) is 0 Å². The molecule has 0 bridgehead atoms. The molecule has 0 atom stereocenters. The van der Waals surface area contributed by atoms with E-state index >= 15 is 0 Å². The van der Waals surface area contributed by atoms with Crippen molar-refractivity contribution in [3.05, 3.63) is 33.7 Å². The fourth-order valence-electron chi connectivity index (χ4n) is 1.76. The summed E-state index contributed by atoms with van der Waals surface area (Å²) in [5.41, 5.74) is 6.28. The van der Waals surface area contributed by atoms with E-state index in [-0.39, 0.29) is 5.56 Å². The van der Waals surface area contributed by atoms with E-state index in [9.17, 15) is 4.79 Å². The summed E-state index contributed by atoms with van der Waals surface area (Å²) in [4.78, 5) is 18.9. The average Bonchev–Trinajstić information content (AvgIpc) is 2.78. The maximum atomic E-state index is 12.0. The second-order valence-corrected chi connectivity index (χ2v) is 5.44. The van der Waals surface area contributed by atoms with Gasteiger partial charge >= 0.3 is 0 Å². The largest absolute Gasteiger partial charge is 0.375 e. The Labute approximate surface area is 115 Å². The fraction of sp³-hybridized carbons (Fsp3) is 0.417. The van der Waals surface area contributed by atoms with Gasteiger partial charge in [0, 0.05) is 30.7 Å². The molecule has 2 heterocycles. The lowest BCUT2D eigenvalue weighted by molar-refractivity contribution is 0.642. The molecule has 0 unspecified atom stereocenters. The lowest BCUT2D eigenvalue weighted by Crippen LogP contribution is -2.26. The molecule has 0 saturated heterocycles. The zero-order chi connectivity index (χ0) is 13.8. The summed E-state index contributed by atoms with van der Waals surface area (Å²) in [5, 5.41) is 4.69. The van der Waals surface area contributed by atoms with Gasteiger partial charge in [-0.25, -0.2) is 9.67 Å². The maximum Gasteiger partial charge on any atom is 0.269 e. The van der Waals surface area contributed by atoms with Gasteiger partial charge in [-0.2, -0.15) is 5.10 Å². The van der Waals surface area contributed by atoms with Crippen LogP contribution in [0.15, 0.2) is 23.3 Å². The van der Waals surface area contributed by atoms with Crippen molar-refractivity contribution < 1.29 is 0 Å². The second kappa shape index (κ2) is 5.83. The highest BCUT2D eigenvalue weighted by Crippen LogP contribution is 2.15. The summed E-state index contributed by atoms with van der Waals surface area (Å²) in [5.74, 6) is 0. The number of nitrogens with zero attached hydrogens (tertiary/aromatic N) is 4. The normalized spacial score (nSPS) is 10.6. The standard InChI is InChI=1S/C12H17N5OS/c1-3-4-16(2)9-5-11(18)17(15-6-9)8-10-7-14-12(13)19-10/h5-7H,3-4,8H2,1-2H3,(H2,13,14). The van der Waals surface area contributed by atoms with Gasteiger partial charge in [-0.3, -0.25) is 4.79 Å². The third-order valence-electron chi connectivity index (χ3n) is 2.73. The Hall–Kier alpha value is -1.89. The number of hydrogen-bond donors (Lipinski definition) is 1. The molecule has 102 valence electrons. The molecule has 0 fully saturated rings. The van der Waals surface area contributed by atoms with Crippen molar-refractivity contribution in [3.8, 4) is 0 Å². The molecule has 0 amide bonds. The van der Waals surface area contributed by atoms with Crippen molar-refractivity contribution in [2.45, 2.75) is 19.9 Å². The Bertz CT molecular complexity index is 606. The minimum atomic E-state index is -0.118. The van der Waals surface area contributed by atoms with Crippen LogP contribution in [0, 0.1) is 0 Å². The lowest BCUT2D eigenvalue weighted by Gasteiger charge is -2.17. The molecule has 0 radical (unpaired) electrons. The molecule has 0 aliphatic carbocycles. The SMILES string of the molecule is CCCN(C)c1cnn(Cc2cnc(N)s2)c(=O)c1. The molecule has 0 spiro atoms. The molecule has 2 aromatic rings. The molecule has 0 aromatic carbocycles. The minimum absolute atomic E-state index is 0.118. The Morgan fingerprint density at radius 2 is 2.26 bits per heavy atom. The highest BCUT2D eigenvalue weighted by atomic mass is 32.1. The van der Waals surface area contributed by atoms with Gasteiger partial charge in [-0.05, 0) is 6.42 Å². The van der Waals surface area contributed by atoms with E-state index in [1.54, 1.807) is 18.5 Å². The number of anilines is 2. The van der Waals surface area contributed by atoms with Crippen LogP contribution in [0.5, 0.6) is 0 Å². The number of rotatable bonds is 5. The first-order chi connectivity index (χ1) is 9.10. The van der Waals surface area contributed by atoms with Gasteiger partial charge < -0.3 is 10.6 Å². The Morgan fingerprint density at radius 3 is 2.84 bits per heavy atom. The van der Waals surface area contributed by atoms with Crippen molar-refractivity contribution in [2.75, 3.05) is 24.2 Å². The van der Waals surface area contributed by atoms with Crippen molar-refractivity contribution in [2.24, 2.45) is 0 Å². The summed E-state index contributed by atoms with van der Waals surface area (Å²) in [6, 6.07) is 1.60. The van der Waals surface area contributed by atoms with Gasteiger partial charge in [0.05, 0.1) is 18.4 Å². The van der Waals surface area contributed by atoms with E-state index in [2.05, 4.69) is 17.0 Å². The molecule has 0 aliphatic rings. The molecule has 2 N–H and O–H groups in total. The van der Waals surface area contributed by atoms with Gasteiger partial charge in [-0.1, -0.05) is 6.92 Å². The van der Waals surface area contributed by atoms with Crippen LogP contribution in [-0.2, 0) is 6.54 Å². The van der Waals surface area contributed by atoms with Crippen LogP contribution in [0.1, 0.15) is 18.2 Å². The van der Waals surface area contributed by atoms with Crippen LogP contribution in [0.25, 0.3) is 0 Å². The zero-order valence-corrected chi connectivity index (χ0v) is 11.9. The van der Waals surface area contributed by atoms with E-state index in [0.717, 1.165) is 23.5 Å². The van der Waals surface area contributed by atoms with E-state index < -0.39 is 0 Å². The second-order valence-electron chi connectivity index (χ2n) is 4.30. The first kappa shape index (κ1) is 13.5. The van der Waals surface area contributed by atoms with Crippen molar-refractivity contribution in [3.63, 3.8) is 0 Å².